The van der Waals surface area contributed by atoms with Gasteiger partial charge in [-0.1, -0.05) is 17.7 Å². The van der Waals surface area contributed by atoms with Crippen molar-refractivity contribution in [3.05, 3.63) is 34.3 Å². The van der Waals surface area contributed by atoms with Crippen molar-refractivity contribution in [2.24, 2.45) is 0 Å². The molecule has 1 aromatic carbocycles. The van der Waals surface area contributed by atoms with Crippen LogP contribution in [0.4, 0.5) is 0 Å². The molecule has 4 heteroatoms. The molecule has 18 heavy (non-hydrogen) atoms. The molecule has 0 radical (unpaired) electrons. The van der Waals surface area contributed by atoms with E-state index in [1.54, 1.807) is 6.07 Å². The summed E-state index contributed by atoms with van der Waals surface area (Å²) in [6, 6.07) is 5.98. The van der Waals surface area contributed by atoms with E-state index < -0.39 is 0 Å². The molecule has 98 valence electrons. The molecule has 2 rings (SSSR count). The molecule has 1 fully saturated rings. The summed E-state index contributed by atoms with van der Waals surface area (Å²) in [6.45, 7) is 3.68. The topological polar surface area (TPSA) is 41.1 Å². The number of rotatable bonds is 4. The number of amides is 1. The normalized spacial score (nSPS) is 18.9. The summed E-state index contributed by atoms with van der Waals surface area (Å²) in [5.41, 5.74) is 1.51. The standard InChI is InChI=1S/C14H19ClN2O/c1-10-12(5-2-6-13(10)15)14(18)17-9-7-11-4-3-8-16-11/h2,5-6,11,16H,3-4,7-9H2,1H3,(H,17,18)/t11-/m1/s1. The van der Waals surface area contributed by atoms with Crippen LogP contribution in [0.1, 0.15) is 35.2 Å². The molecule has 1 heterocycles. The maximum atomic E-state index is 12.0. The van der Waals surface area contributed by atoms with Gasteiger partial charge in [0.05, 0.1) is 0 Å². The Morgan fingerprint density at radius 2 is 2.39 bits per heavy atom. The summed E-state index contributed by atoms with van der Waals surface area (Å²) >= 11 is 6.01. The summed E-state index contributed by atoms with van der Waals surface area (Å²) in [7, 11) is 0. The first kappa shape index (κ1) is 13.4. The molecular formula is C14H19ClN2O. The second-order valence-electron chi connectivity index (χ2n) is 4.75. The molecule has 1 saturated heterocycles. The van der Waals surface area contributed by atoms with Gasteiger partial charge in [-0.05, 0) is 50.4 Å². The van der Waals surface area contributed by atoms with E-state index >= 15 is 0 Å². The van der Waals surface area contributed by atoms with Crippen LogP contribution in [0.5, 0.6) is 0 Å². The molecule has 1 amide bonds. The van der Waals surface area contributed by atoms with Gasteiger partial charge in [-0.2, -0.15) is 0 Å². The summed E-state index contributed by atoms with van der Waals surface area (Å²) in [5.74, 6) is -0.0343. The van der Waals surface area contributed by atoms with Crippen LogP contribution >= 0.6 is 11.6 Å². The van der Waals surface area contributed by atoms with Crippen LogP contribution in [0.2, 0.25) is 5.02 Å². The van der Waals surface area contributed by atoms with Crippen molar-refractivity contribution in [2.75, 3.05) is 13.1 Å². The van der Waals surface area contributed by atoms with Gasteiger partial charge in [-0.15, -0.1) is 0 Å². The van der Waals surface area contributed by atoms with Crippen molar-refractivity contribution in [3.8, 4) is 0 Å². The molecule has 0 aliphatic carbocycles. The SMILES string of the molecule is Cc1c(Cl)cccc1C(=O)NCC[C@H]1CCCN1. The lowest BCUT2D eigenvalue weighted by Gasteiger charge is -2.12. The van der Waals surface area contributed by atoms with Crippen molar-refractivity contribution >= 4 is 17.5 Å². The predicted octanol–water partition coefficient (Wildman–Crippen LogP) is 2.52. The van der Waals surface area contributed by atoms with Crippen molar-refractivity contribution in [1.82, 2.24) is 10.6 Å². The average Bonchev–Trinajstić information content (AvgIpc) is 2.85. The summed E-state index contributed by atoms with van der Waals surface area (Å²) in [6.07, 6.45) is 3.45. The highest BCUT2D eigenvalue weighted by Crippen LogP contribution is 2.18. The number of halogens is 1. The van der Waals surface area contributed by atoms with Gasteiger partial charge >= 0.3 is 0 Å². The van der Waals surface area contributed by atoms with Crippen molar-refractivity contribution in [1.29, 1.82) is 0 Å². The Hall–Kier alpha value is -1.06. The summed E-state index contributed by atoms with van der Waals surface area (Å²) < 4.78 is 0. The molecule has 1 aliphatic heterocycles. The van der Waals surface area contributed by atoms with Gasteiger partial charge in [0.25, 0.3) is 5.91 Å². The maximum absolute atomic E-state index is 12.0. The second-order valence-corrected chi connectivity index (χ2v) is 5.16. The van der Waals surface area contributed by atoms with Gasteiger partial charge in [-0.3, -0.25) is 4.79 Å². The number of benzene rings is 1. The van der Waals surface area contributed by atoms with Crippen LogP contribution in [0.15, 0.2) is 18.2 Å². The lowest BCUT2D eigenvalue weighted by Crippen LogP contribution is -2.30. The quantitative estimate of drug-likeness (QED) is 0.879. The van der Waals surface area contributed by atoms with Gasteiger partial charge in [0, 0.05) is 23.2 Å². The van der Waals surface area contributed by atoms with Crippen LogP contribution in [0.25, 0.3) is 0 Å². The van der Waals surface area contributed by atoms with E-state index in [4.69, 9.17) is 11.6 Å². The van der Waals surface area contributed by atoms with Gasteiger partial charge in [0.2, 0.25) is 0 Å². The molecule has 1 atom stereocenters. The fourth-order valence-corrected chi connectivity index (χ4v) is 2.49. The first-order chi connectivity index (χ1) is 8.68. The summed E-state index contributed by atoms with van der Waals surface area (Å²) in [4.78, 5) is 12.0. The number of hydrogen-bond acceptors (Lipinski definition) is 2. The van der Waals surface area contributed by atoms with E-state index in [0.717, 1.165) is 18.5 Å². The van der Waals surface area contributed by atoms with E-state index in [-0.39, 0.29) is 5.91 Å². The van der Waals surface area contributed by atoms with E-state index in [0.29, 0.717) is 23.2 Å². The molecule has 0 bridgehead atoms. The molecule has 0 saturated carbocycles. The molecule has 0 aromatic heterocycles. The van der Waals surface area contributed by atoms with E-state index in [1.165, 1.54) is 12.8 Å². The Morgan fingerprint density at radius 1 is 1.56 bits per heavy atom. The van der Waals surface area contributed by atoms with Gasteiger partial charge in [0.15, 0.2) is 0 Å². The monoisotopic (exact) mass is 266 g/mol. The zero-order valence-corrected chi connectivity index (χ0v) is 11.4. The molecule has 1 aromatic rings. The lowest BCUT2D eigenvalue weighted by atomic mass is 10.1. The Morgan fingerprint density at radius 3 is 3.11 bits per heavy atom. The molecule has 2 N–H and O–H groups in total. The number of nitrogens with one attached hydrogen (secondary N) is 2. The number of carbonyl (C=O) groups is 1. The molecular weight excluding hydrogens is 248 g/mol. The highest BCUT2D eigenvalue weighted by molar-refractivity contribution is 6.31. The van der Waals surface area contributed by atoms with Crippen molar-refractivity contribution in [3.63, 3.8) is 0 Å². The van der Waals surface area contributed by atoms with Crippen LogP contribution in [0, 0.1) is 6.92 Å². The molecule has 0 unspecified atom stereocenters. The predicted molar refractivity (Wildman–Crippen MR) is 74.2 cm³/mol. The van der Waals surface area contributed by atoms with E-state index in [2.05, 4.69) is 10.6 Å². The van der Waals surface area contributed by atoms with Crippen LogP contribution in [-0.2, 0) is 0 Å². The van der Waals surface area contributed by atoms with E-state index in [1.807, 2.05) is 19.1 Å². The minimum Gasteiger partial charge on any atom is -0.352 e. The summed E-state index contributed by atoms with van der Waals surface area (Å²) in [5, 5.41) is 7.01. The van der Waals surface area contributed by atoms with Crippen LogP contribution in [0.3, 0.4) is 0 Å². The van der Waals surface area contributed by atoms with Crippen molar-refractivity contribution < 1.29 is 4.79 Å². The van der Waals surface area contributed by atoms with Gasteiger partial charge in [0.1, 0.15) is 0 Å². The highest BCUT2D eigenvalue weighted by atomic mass is 35.5. The third-order valence-corrected chi connectivity index (χ3v) is 3.86. The Balaban J connectivity index is 1.85. The first-order valence-corrected chi connectivity index (χ1v) is 6.83. The highest BCUT2D eigenvalue weighted by Gasteiger charge is 2.15. The Kier molecular flexibility index (Phi) is 4.61. The number of hydrogen-bond donors (Lipinski definition) is 2. The Bertz CT molecular complexity index is 428. The Labute approximate surface area is 113 Å². The van der Waals surface area contributed by atoms with E-state index in [9.17, 15) is 4.79 Å². The molecule has 1 aliphatic rings. The second kappa shape index (κ2) is 6.21. The number of carbonyl (C=O) groups excluding carboxylic acids is 1. The smallest absolute Gasteiger partial charge is 0.251 e. The molecule has 0 spiro atoms. The van der Waals surface area contributed by atoms with Gasteiger partial charge in [-0.25, -0.2) is 0 Å². The van der Waals surface area contributed by atoms with Crippen molar-refractivity contribution in [2.45, 2.75) is 32.2 Å². The largest absolute Gasteiger partial charge is 0.352 e. The fraction of sp³-hybridized carbons (Fsp3) is 0.500. The fourth-order valence-electron chi connectivity index (χ4n) is 2.31. The van der Waals surface area contributed by atoms with Crippen LogP contribution in [-0.4, -0.2) is 25.0 Å². The minimum absolute atomic E-state index is 0.0343. The first-order valence-electron chi connectivity index (χ1n) is 6.45. The van der Waals surface area contributed by atoms with Gasteiger partial charge < -0.3 is 10.6 Å². The average molecular weight is 267 g/mol. The zero-order chi connectivity index (χ0) is 13.0. The maximum Gasteiger partial charge on any atom is 0.251 e. The zero-order valence-electron chi connectivity index (χ0n) is 10.6. The third kappa shape index (κ3) is 3.24. The van der Waals surface area contributed by atoms with Crippen LogP contribution < -0.4 is 10.6 Å². The molecule has 3 nitrogen and oxygen atoms in total. The lowest BCUT2D eigenvalue weighted by molar-refractivity contribution is 0.0951. The third-order valence-electron chi connectivity index (χ3n) is 3.45. The minimum atomic E-state index is -0.0343.